The summed E-state index contributed by atoms with van der Waals surface area (Å²) in [6, 6.07) is 3.42. The number of carbonyl (C=O) groups is 1. The summed E-state index contributed by atoms with van der Waals surface area (Å²) < 4.78 is 37.0. The quantitative estimate of drug-likeness (QED) is 0.671. The molecule has 1 N–H and O–H groups in total. The van der Waals surface area contributed by atoms with Crippen molar-refractivity contribution >= 4 is 11.6 Å². The Balaban J connectivity index is 3.03. The van der Waals surface area contributed by atoms with Gasteiger partial charge in [-0.1, -0.05) is 0 Å². The fourth-order valence-corrected chi connectivity index (χ4v) is 1.33. The van der Waals surface area contributed by atoms with Crippen LogP contribution in [0.4, 0.5) is 19.0 Å². The predicted molar refractivity (Wildman–Crippen MR) is 74.6 cm³/mol. The Hall–Kier alpha value is -2.31. The summed E-state index contributed by atoms with van der Waals surface area (Å²) in [4.78, 5) is 16.7. The Morgan fingerprint density at radius 2 is 2.05 bits per heavy atom. The fraction of sp³-hybridized carbons (Fsp3) is 0.286. The smallest absolute Gasteiger partial charge is 0.383 e. The normalized spacial score (nSPS) is 12.6. The van der Waals surface area contributed by atoms with Gasteiger partial charge in [0.05, 0.1) is 0 Å². The number of nitrogens with zero attached hydrogens (tertiary/aromatic N) is 2. The van der Waals surface area contributed by atoms with Gasteiger partial charge in [0.15, 0.2) is 0 Å². The summed E-state index contributed by atoms with van der Waals surface area (Å²) in [6.07, 6.45) is 0.0192. The summed E-state index contributed by atoms with van der Waals surface area (Å²) in [5.41, 5.74) is 0.898. The van der Waals surface area contributed by atoms with E-state index in [1.165, 1.54) is 18.5 Å². The minimum Gasteiger partial charge on any atom is -0.383 e. The zero-order chi connectivity index (χ0) is 16.0. The highest BCUT2D eigenvalue weighted by Gasteiger charge is 2.36. The van der Waals surface area contributed by atoms with Crippen LogP contribution in [-0.2, 0) is 4.79 Å². The molecule has 0 bridgehead atoms. The lowest BCUT2D eigenvalue weighted by atomic mass is 10.2. The number of hydrogen-bond acceptors (Lipinski definition) is 4. The average Bonchev–Trinajstić information content (AvgIpc) is 2.34. The number of alkyl halides is 3. The van der Waals surface area contributed by atoms with Gasteiger partial charge in [0.25, 0.3) is 5.78 Å². The van der Waals surface area contributed by atoms with Crippen LogP contribution in [0, 0.1) is 6.92 Å². The standard InChI is InChI=1S/C14H16F3N3O/c1-10-4-6-18-13(8-10)19-11(5-7-20(2)3)9-12(21)14(15,16)17/h4-9H,1-3H3,(H,18,19)/b7-5+,11-9-. The molecular formula is C14H16F3N3O. The minimum atomic E-state index is -4.90. The number of carbonyl (C=O) groups excluding carboxylic acids is 1. The zero-order valence-corrected chi connectivity index (χ0v) is 11.9. The third kappa shape index (κ3) is 6.11. The van der Waals surface area contributed by atoms with Crippen LogP contribution < -0.4 is 5.32 Å². The van der Waals surface area contributed by atoms with Gasteiger partial charge >= 0.3 is 6.18 Å². The number of pyridine rings is 1. The maximum absolute atomic E-state index is 12.3. The summed E-state index contributed by atoms with van der Waals surface area (Å²) in [5.74, 6) is -1.57. The maximum atomic E-state index is 12.3. The predicted octanol–water partition coefficient (Wildman–Crippen LogP) is 2.89. The number of nitrogens with one attached hydrogen (secondary N) is 1. The van der Waals surface area contributed by atoms with Crippen molar-refractivity contribution in [2.75, 3.05) is 19.4 Å². The van der Waals surface area contributed by atoms with E-state index >= 15 is 0 Å². The van der Waals surface area contributed by atoms with Crippen LogP contribution in [0.2, 0.25) is 0 Å². The van der Waals surface area contributed by atoms with Gasteiger partial charge in [0, 0.05) is 38.3 Å². The molecule has 1 aromatic heterocycles. The Morgan fingerprint density at radius 3 is 2.57 bits per heavy atom. The Labute approximate surface area is 121 Å². The van der Waals surface area contributed by atoms with Crippen LogP contribution in [-0.4, -0.2) is 35.9 Å². The van der Waals surface area contributed by atoms with Gasteiger partial charge in [0.1, 0.15) is 5.82 Å². The van der Waals surface area contributed by atoms with Crippen molar-refractivity contribution in [2.24, 2.45) is 0 Å². The lowest BCUT2D eigenvalue weighted by Crippen LogP contribution is -2.21. The molecule has 114 valence electrons. The lowest BCUT2D eigenvalue weighted by Gasteiger charge is -2.10. The van der Waals surface area contributed by atoms with Crippen molar-refractivity contribution < 1.29 is 18.0 Å². The second-order valence-electron chi connectivity index (χ2n) is 4.58. The summed E-state index contributed by atoms with van der Waals surface area (Å²) in [5, 5.41) is 2.69. The van der Waals surface area contributed by atoms with Gasteiger partial charge < -0.3 is 10.2 Å². The Kier molecular flexibility index (Phi) is 5.52. The maximum Gasteiger partial charge on any atom is 0.454 e. The van der Waals surface area contributed by atoms with Crippen molar-refractivity contribution in [3.63, 3.8) is 0 Å². The van der Waals surface area contributed by atoms with E-state index in [1.807, 2.05) is 6.92 Å². The highest BCUT2D eigenvalue weighted by atomic mass is 19.4. The van der Waals surface area contributed by atoms with Crippen LogP contribution in [0.1, 0.15) is 5.56 Å². The summed E-state index contributed by atoms with van der Waals surface area (Å²) in [7, 11) is 3.43. The highest BCUT2D eigenvalue weighted by molar-refractivity contribution is 5.95. The molecule has 0 aliphatic heterocycles. The van der Waals surface area contributed by atoms with Crippen LogP contribution in [0.15, 0.2) is 42.4 Å². The molecule has 1 rings (SSSR count). The number of aromatic nitrogens is 1. The Bertz CT molecular complexity index is 563. The first-order valence-corrected chi connectivity index (χ1v) is 6.05. The second-order valence-corrected chi connectivity index (χ2v) is 4.58. The van der Waals surface area contributed by atoms with E-state index in [4.69, 9.17) is 0 Å². The van der Waals surface area contributed by atoms with Gasteiger partial charge in [-0.25, -0.2) is 4.98 Å². The monoisotopic (exact) mass is 299 g/mol. The molecule has 0 amide bonds. The number of aryl methyl sites for hydroxylation is 1. The number of allylic oxidation sites excluding steroid dienone is 2. The van der Waals surface area contributed by atoms with Crippen molar-refractivity contribution in [3.05, 3.63) is 47.9 Å². The van der Waals surface area contributed by atoms with Crippen LogP contribution >= 0.6 is 0 Å². The van der Waals surface area contributed by atoms with Crippen molar-refractivity contribution in [1.29, 1.82) is 0 Å². The lowest BCUT2D eigenvalue weighted by molar-refractivity contribution is -0.165. The highest BCUT2D eigenvalue weighted by Crippen LogP contribution is 2.18. The molecular weight excluding hydrogens is 283 g/mol. The molecule has 1 heterocycles. The minimum absolute atomic E-state index is 0.00382. The average molecular weight is 299 g/mol. The fourth-order valence-electron chi connectivity index (χ4n) is 1.33. The number of halogens is 3. The number of hydrogen-bond donors (Lipinski definition) is 1. The van der Waals surface area contributed by atoms with Crippen LogP contribution in [0.25, 0.3) is 0 Å². The zero-order valence-electron chi connectivity index (χ0n) is 11.9. The molecule has 0 spiro atoms. The van der Waals surface area contributed by atoms with Gasteiger partial charge in [0.2, 0.25) is 0 Å². The molecule has 0 saturated heterocycles. The summed E-state index contributed by atoms with van der Waals surface area (Å²) >= 11 is 0. The number of anilines is 1. The number of rotatable bonds is 5. The molecule has 21 heavy (non-hydrogen) atoms. The third-order valence-corrected chi connectivity index (χ3v) is 2.31. The van der Waals surface area contributed by atoms with Gasteiger partial charge in [-0.15, -0.1) is 0 Å². The topological polar surface area (TPSA) is 45.2 Å². The molecule has 0 unspecified atom stereocenters. The Morgan fingerprint density at radius 1 is 1.38 bits per heavy atom. The van der Waals surface area contributed by atoms with E-state index in [-0.39, 0.29) is 5.70 Å². The van der Waals surface area contributed by atoms with E-state index < -0.39 is 12.0 Å². The van der Waals surface area contributed by atoms with E-state index in [0.717, 1.165) is 5.56 Å². The van der Waals surface area contributed by atoms with Gasteiger partial charge in [-0.05, 0) is 30.7 Å². The van der Waals surface area contributed by atoms with E-state index in [9.17, 15) is 18.0 Å². The first kappa shape index (κ1) is 16.7. The van der Waals surface area contributed by atoms with E-state index in [2.05, 4.69) is 10.3 Å². The first-order chi connectivity index (χ1) is 9.68. The molecule has 0 aliphatic carbocycles. The second kappa shape index (κ2) is 6.92. The first-order valence-electron chi connectivity index (χ1n) is 6.05. The van der Waals surface area contributed by atoms with Crippen LogP contribution in [0.3, 0.4) is 0 Å². The van der Waals surface area contributed by atoms with E-state index in [0.29, 0.717) is 11.9 Å². The summed E-state index contributed by atoms with van der Waals surface area (Å²) in [6.45, 7) is 1.83. The largest absolute Gasteiger partial charge is 0.454 e. The molecule has 0 atom stereocenters. The molecule has 0 aliphatic rings. The molecule has 0 fully saturated rings. The molecule has 7 heteroatoms. The molecule has 0 radical (unpaired) electrons. The third-order valence-electron chi connectivity index (χ3n) is 2.31. The molecule has 1 aromatic rings. The van der Waals surface area contributed by atoms with Crippen LogP contribution in [0.5, 0.6) is 0 Å². The van der Waals surface area contributed by atoms with Crippen molar-refractivity contribution in [3.8, 4) is 0 Å². The van der Waals surface area contributed by atoms with Crippen molar-refractivity contribution in [2.45, 2.75) is 13.1 Å². The van der Waals surface area contributed by atoms with E-state index in [1.54, 1.807) is 31.1 Å². The van der Waals surface area contributed by atoms with Crippen molar-refractivity contribution in [1.82, 2.24) is 9.88 Å². The SMILES string of the molecule is Cc1ccnc(NC(=C\C(=O)C(F)(F)F)/C=C/N(C)C)c1. The van der Waals surface area contributed by atoms with Gasteiger partial charge in [-0.2, -0.15) is 13.2 Å². The number of ketones is 1. The molecule has 4 nitrogen and oxygen atoms in total. The molecule has 0 aromatic carbocycles. The van der Waals surface area contributed by atoms with Gasteiger partial charge in [-0.3, -0.25) is 4.79 Å². The molecule has 0 saturated carbocycles.